The number of aromatic amines is 1. The summed E-state index contributed by atoms with van der Waals surface area (Å²) in [5, 5.41) is 10.1. The molecule has 1 N–H and O–H groups in total. The Labute approximate surface area is 172 Å². The fourth-order valence-electron chi connectivity index (χ4n) is 4.10. The van der Waals surface area contributed by atoms with Crippen molar-refractivity contribution in [3.05, 3.63) is 70.9 Å². The van der Waals surface area contributed by atoms with Crippen molar-refractivity contribution >= 4 is 10.9 Å². The predicted octanol–water partition coefficient (Wildman–Crippen LogP) is 4.48. The Morgan fingerprint density at radius 1 is 1.33 bits per heavy atom. The highest BCUT2D eigenvalue weighted by atomic mass is 19.1. The molecule has 0 aliphatic carbocycles. The monoisotopic (exact) mass is 402 g/mol. The second-order valence-electron chi connectivity index (χ2n) is 7.30. The number of aryl methyl sites for hydroxylation is 1. The van der Waals surface area contributed by atoms with Crippen LogP contribution in [0.1, 0.15) is 28.6 Å². The first kappa shape index (κ1) is 18.4. The first-order valence-electron chi connectivity index (χ1n) is 9.64. The molecule has 0 saturated carbocycles. The number of hydrogen-bond acceptors (Lipinski definition) is 4. The zero-order valence-corrected chi connectivity index (χ0v) is 16.6. The van der Waals surface area contributed by atoms with Crippen molar-refractivity contribution in [3.63, 3.8) is 0 Å². The molecule has 1 unspecified atom stereocenters. The molecular weight excluding hydrogens is 383 g/mol. The quantitative estimate of drug-likeness (QED) is 0.548. The Balaban J connectivity index is 1.62. The van der Waals surface area contributed by atoms with E-state index >= 15 is 0 Å². The topological polar surface area (TPSA) is 75.9 Å². The van der Waals surface area contributed by atoms with E-state index in [2.05, 4.69) is 11.1 Å². The lowest BCUT2D eigenvalue weighted by Crippen LogP contribution is -2.23. The van der Waals surface area contributed by atoms with Crippen molar-refractivity contribution < 1.29 is 13.9 Å². The van der Waals surface area contributed by atoms with E-state index in [1.165, 1.54) is 6.07 Å². The van der Waals surface area contributed by atoms with Gasteiger partial charge in [0, 0.05) is 29.2 Å². The van der Waals surface area contributed by atoms with Crippen LogP contribution in [-0.2, 0) is 11.3 Å². The van der Waals surface area contributed by atoms with E-state index in [4.69, 9.17) is 14.5 Å². The van der Waals surface area contributed by atoms with Gasteiger partial charge in [-0.2, -0.15) is 5.26 Å². The number of rotatable bonds is 3. The minimum atomic E-state index is -0.558. The first-order chi connectivity index (χ1) is 14.6. The number of H-pyrrole nitrogens is 1. The summed E-state index contributed by atoms with van der Waals surface area (Å²) in [7, 11) is 1.55. The minimum absolute atomic E-state index is 0.294. The van der Waals surface area contributed by atoms with Gasteiger partial charge in [-0.25, -0.2) is 9.37 Å². The van der Waals surface area contributed by atoms with Gasteiger partial charge in [0.15, 0.2) is 0 Å². The van der Waals surface area contributed by atoms with Gasteiger partial charge >= 0.3 is 0 Å². The van der Waals surface area contributed by atoms with Gasteiger partial charge in [-0.05, 0) is 36.8 Å². The molecule has 1 aliphatic heterocycles. The molecule has 2 aromatic carbocycles. The van der Waals surface area contributed by atoms with Crippen molar-refractivity contribution in [3.8, 4) is 23.2 Å². The van der Waals surface area contributed by atoms with Crippen molar-refractivity contribution in [2.45, 2.75) is 19.6 Å². The van der Waals surface area contributed by atoms with Gasteiger partial charge in [-0.3, -0.25) is 0 Å². The van der Waals surface area contributed by atoms with E-state index in [0.717, 1.165) is 27.9 Å². The second kappa shape index (κ2) is 7.01. The van der Waals surface area contributed by atoms with Gasteiger partial charge in [-0.1, -0.05) is 12.1 Å². The first-order valence-corrected chi connectivity index (χ1v) is 9.64. The number of ether oxygens (including phenoxy) is 2. The third-order valence-corrected chi connectivity index (χ3v) is 5.55. The number of fused-ring (bicyclic) bond motifs is 2. The van der Waals surface area contributed by atoms with Gasteiger partial charge in [0.1, 0.15) is 35.3 Å². The lowest BCUT2D eigenvalue weighted by atomic mass is 10.0. The highest BCUT2D eigenvalue weighted by Crippen LogP contribution is 2.36. The molecule has 0 radical (unpaired) electrons. The fraction of sp³-hybridized carbons (Fsp3) is 0.217. The molecule has 4 aromatic rings. The maximum Gasteiger partial charge on any atom is 0.146 e. The lowest BCUT2D eigenvalue weighted by molar-refractivity contribution is 0.0405. The minimum Gasteiger partial charge on any atom is -0.495 e. The molecule has 30 heavy (non-hydrogen) atoms. The van der Waals surface area contributed by atoms with Crippen molar-refractivity contribution in [2.24, 2.45) is 0 Å². The molecule has 2 aromatic heterocycles. The van der Waals surface area contributed by atoms with Crippen LogP contribution in [0.15, 0.2) is 42.6 Å². The number of imidazole rings is 1. The number of aromatic nitrogens is 3. The Morgan fingerprint density at radius 2 is 2.20 bits per heavy atom. The highest BCUT2D eigenvalue weighted by molar-refractivity contribution is 5.92. The highest BCUT2D eigenvalue weighted by Gasteiger charge is 2.29. The van der Waals surface area contributed by atoms with Crippen LogP contribution in [0.5, 0.6) is 5.75 Å². The standard InChI is InChI=1S/C23H19FN4O2/c1-13-4-3-5-16(24)20(13)22-23-27-19(12-28(23)8-9-30-22)18-10-15-17(26-18)7-6-14(11-25)21(15)29-2/h3-7,10,12,22,26H,8-9H2,1-2H3. The summed E-state index contributed by atoms with van der Waals surface area (Å²) in [5.74, 6) is 0.912. The summed E-state index contributed by atoms with van der Waals surface area (Å²) in [6.45, 7) is 3.00. The fourth-order valence-corrected chi connectivity index (χ4v) is 4.10. The van der Waals surface area contributed by atoms with Gasteiger partial charge in [0.2, 0.25) is 0 Å². The number of methoxy groups -OCH3 is 1. The predicted molar refractivity (Wildman–Crippen MR) is 110 cm³/mol. The summed E-state index contributed by atoms with van der Waals surface area (Å²) >= 11 is 0. The molecule has 0 saturated heterocycles. The van der Waals surface area contributed by atoms with Crippen LogP contribution in [0.4, 0.5) is 4.39 Å². The van der Waals surface area contributed by atoms with E-state index in [0.29, 0.717) is 35.9 Å². The van der Waals surface area contributed by atoms with E-state index in [1.54, 1.807) is 19.2 Å². The van der Waals surface area contributed by atoms with Crippen molar-refractivity contribution in [2.75, 3.05) is 13.7 Å². The van der Waals surface area contributed by atoms with Crippen LogP contribution >= 0.6 is 0 Å². The SMILES string of the molecule is COc1c(C#N)ccc2[nH]c(-c3cn4c(n3)C(c3c(C)cccc3F)OCC4)cc12. The molecule has 6 nitrogen and oxygen atoms in total. The molecule has 7 heteroatoms. The lowest BCUT2D eigenvalue weighted by Gasteiger charge is -2.25. The molecule has 1 aliphatic rings. The molecule has 0 fully saturated rings. The zero-order valence-electron chi connectivity index (χ0n) is 16.6. The summed E-state index contributed by atoms with van der Waals surface area (Å²) in [6, 6.07) is 12.7. The molecule has 3 heterocycles. The second-order valence-corrected chi connectivity index (χ2v) is 7.30. The number of nitriles is 1. The Hall–Kier alpha value is -3.63. The largest absolute Gasteiger partial charge is 0.495 e. The third-order valence-electron chi connectivity index (χ3n) is 5.55. The number of halogens is 1. The van der Waals surface area contributed by atoms with Gasteiger partial charge in [0.05, 0.1) is 25.0 Å². The summed E-state index contributed by atoms with van der Waals surface area (Å²) in [5.41, 5.74) is 4.20. The summed E-state index contributed by atoms with van der Waals surface area (Å²) in [6.07, 6.45) is 1.39. The molecule has 150 valence electrons. The summed E-state index contributed by atoms with van der Waals surface area (Å²) in [4.78, 5) is 8.13. The molecule has 0 bridgehead atoms. The van der Waals surface area contributed by atoms with E-state index < -0.39 is 6.10 Å². The average Bonchev–Trinajstić information content (AvgIpc) is 3.37. The summed E-state index contributed by atoms with van der Waals surface area (Å²) < 4.78 is 28.0. The van der Waals surface area contributed by atoms with E-state index in [-0.39, 0.29) is 5.82 Å². The smallest absolute Gasteiger partial charge is 0.146 e. The van der Waals surface area contributed by atoms with Crippen molar-refractivity contribution in [1.29, 1.82) is 5.26 Å². The van der Waals surface area contributed by atoms with E-state index in [1.807, 2.05) is 35.9 Å². The average molecular weight is 402 g/mol. The number of nitrogens with one attached hydrogen (secondary N) is 1. The zero-order chi connectivity index (χ0) is 20.8. The molecule has 1 atom stereocenters. The molecular formula is C23H19FN4O2. The van der Waals surface area contributed by atoms with Gasteiger partial charge in [0.25, 0.3) is 0 Å². The maximum absolute atomic E-state index is 14.6. The Bertz CT molecular complexity index is 1290. The van der Waals surface area contributed by atoms with Crippen LogP contribution in [0.2, 0.25) is 0 Å². The van der Waals surface area contributed by atoms with Crippen LogP contribution in [0.25, 0.3) is 22.3 Å². The van der Waals surface area contributed by atoms with E-state index in [9.17, 15) is 9.65 Å². The third kappa shape index (κ3) is 2.77. The molecule has 0 spiro atoms. The van der Waals surface area contributed by atoms with Gasteiger partial charge in [-0.15, -0.1) is 0 Å². The Morgan fingerprint density at radius 3 is 2.97 bits per heavy atom. The van der Waals surface area contributed by atoms with Crippen molar-refractivity contribution in [1.82, 2.24) is 14.5 Å². The van der Waals surface area contributed by atoms with Crippen LogP contribution in [0, 0.1) is 24.1 Å². The number of nitrogens with zero attached hydrogens (tertiary/aromatic N) is 3. The maximum atomic E-state index is 14.6. The van der Waals surface area contributed by atoms with Crippen LogP contribution in [0.3, 0.4) is 0 Å². The normalized spacial score (nSPS) is 15.7. The Kier molecular flexibility index (Phi) is 4.30. The number of hydrogen-bond donors (Lipinski definition) is 1. The van der Waals surface area contributed by atoms with Gasteiger partial charge < -0.3 is 19.0 Å². The molecule has 5 rings (SSSR count). The number of benzene rings is 2. The van der Waals surface area contributed by atoms with Crippen LogP contribution < -0.4 is 4.74 Å². The molecule has 0 amide bonds. The van der Waals surface area contributed by atoms with Crippen LogP contribution in [-0.4, -0.2) is 28.3 Å².